The van der Waals surface area contributed by atoms with Gasteiger partial charge in [-0.05, 0) is 95.0 Å². The highest BCUT2D eigenvalue weighted by molar-refractivity contribution is 6.36. The van der Waals surface area contributed by atoms with Crippen LogP contribution in [0.5, 0.6) is 0 Å². The van der Waals surface area contributed by atoms with Crippen LogP contribution in [-0.4, -0.2) is 118 Å². The Kier molecular flexibility index (Phi) is 19.9. The van der Waals surface area contributed by atoms with E-state index in [0.717, 1.165) is 113 Å². The number of nitrogens with two attached hydrogens (primary N) is 1. The fourth-order valence-electron chi connectivity index (χ4n) is 11.4. The van der Waals surface area contributed by atoms with Crippen molar-refractivity contribution < 1.29 is 33.4 Å². The molecule has 0 bridgehead atoms. The summed E-state index contributed by atoms with van der Waals surface area (Å²) in [5.41, 5.74) is 13.2. The highest BCUT2D eigenvalue weighted by Gasteiger charge is 2.45. The minimum absolute atomic E-state index is 0.0221. The molecule has 2 unspecified atom stereocenters. The second-order valence-corrected chi connectivity index (χ2v) is 24.1. The van der Waals surface area contributed by atoms with Gasteiger partial charge in [-0.25, -0.2) is 0 Å². The molecule has 0 aromatic heterocycles. The number of aldehydes is 1. The predicted octanol–water partition coefficient (Wildman–Crippen LogP) is 10.8. The fourth-order valence-corrected chi connectivity index (χ4v) is 12.4. The molecule has 4 aliphatic heterocycles. The lowest BCUT2D eigenvalue weighted by molar-refractivity contribution is -0.120. The van der Waals surface area contributed by atoms with Gasteiger partial charge in [-0.3, -0.25) is 43.6 Å². The maximum Gasteiger partial charge on any atom is 0.224 e. The van der Waals surface area contributed by atoms with Crippen molar-refractivity contribution in [3.05, 3.63) is 138 Å². The van der Waals surface area contributed by atoms with Crippen LogP contribution >= 0.6 is 46.4 Å². The number of ketones is 2. The number of nitrogens with zero attached hydrogens (tertiary/aromatic N) is 4. The Hall–Kier alpha value is -5.17. The summed E-state index contributed by atoms with van der Waals surface area (Å²) in [4.78, 5) is 72.8. The number of allylic oxidation sites excluding steroid dienone is 2. The molecule has 4 aromatic rings. The first kappa shape index (κ1) is 59.9. The van der Waals surface area contributed by atoms with E-state index in [9.17, 15) is 24.0 Å². The van der Waals surface area contributed by atoms with Crippen LogP contribution in [0.3, 0.4) is 0 Å². The number of amides is 2. The summed E-state index contributed by atoms with van der Waals surface area (Å²) >= 11 is 25.6. The lowest BCUT2D eigenvalue weighted by Crippen LogP contribution is -2.40. The number of morpholine rings is 2. The number of nitrogens with one attached hydrogen (secondary N) is 3. The van der Waals surface area contributed by atoms with Gasteiger partial charge in [-0.15, -0.1) is 0 Å². The second-order valence-electron chi connectivity index (χ2n) is 22.5. The minimum atomic E-state index is -0.711. The SMILES string of the molecule is CC(=O)N1c2ccc(C=O)cc2NC2=C(C(=O)CC(C)(C)C2)C1c1ccc(Cl)cc1Cl.CC(=O)N1c2ccc(CNCCN3CCOCC3)cc2NC2=C(C(=O)CC(C)(C)C2)C1c1ccc(Cl)cc1Cl.NCCN1CCOCC1. The topological polar surface area (TPSA) is 179 Å². The average Bonchev–Trinajstić information content (AvgIpc) is 3.94. The van der Waals surface area contributed by atoms with Crippen molar-refractivity contribution in [2.75, 3.05) is 99.2 Å². The summed E-state index contributed by atoms with van der Waals surface area (Å²) in [7, 11) is 0. The van der Waals surface area contributed by atoms with Crippen molar-refractivity contribution >= 4 is 98.8 Å². The molecule has 10 rings (SSSR count). The lowest BCUT2D eigenvalue weighted by Gasteiger charge is -2.37. The van der Waals surface area contributed by atoms with Crippen molar-refractivity contribution in [2.45, 2.75) is 85.9 Å². The summed E-state index contributed by atoms with van der Waals surface area (Å²) in [6, 6.07) is 20.1. The normalized spacial score (nSPS) is 20.8. The van der Waals surface area contributed by atoms with Crippen molar-refractivity contribution in [1.82, 2.24) is 15.1 Å². The van der Waals surface area contributed by atoms with Gasteiger partial charge in [0.1, 0.15) is 6.29 Å². The summed E-state index contributed by atoms with van der Waals surface area (Å²) < 4.78 is 10.6. The number of carbonyl (C=O) groups excluding carboxylic acids is 5. The van der Waals surface area contributed by atoms with E-state index in [0.29, 0.717) is 91.5 Å². The molecular formula is C60H72Cl4N8O7. The minimum Gasteiger partial charge on any atom is -0.379 e. The molecule has 0 spiro atoms. The predicted molar refractivity (Wildman–Crippen MR) is 316 cm³/mol. The highest BCUT2D eigenvalue weighted by atomic mass is 35.5. The van der Waals surface area contributed by atoms with Crippen LogP contribution < -0.4 is 31.5 Å². The zero-order chi connectivity index (χ0) is 56.8. The van der Waals surface area contributed by atoms with Crippen LogP contribution in [-0.2, 0) is 35.2 Å². The van der Waals surface area contributed by atoms with Crippen LogP contribution in [0.1, 0.15) is 106 Å². The average molecular weight is 1160 g/mol. The molecule has 422 valence electrons. The van der Waals surface area contributed by atoms with Crippen LogP contribution in [0.4, 0.5) is 22.7 Å². The fraction of sp³-hybridized carbons (Fsp3) is 0.450. The van der Waals surface area contributed by atoms with Gasteiger partial charge in [-0.1, -0.05) is 92.3 Å². The Labute approximate surface area is 484 Å². The third-order valence-corrected chi connectivity index (χ3v) is 16.1. The number of Topliss-reactive ketones (excluding diaryl/α,β-unsaturated/α-hetero) is 2. The van der Waals surface area contributed by atoms with Gasteiger partial charge in [-0.2, -0.15) is 0 Å². The van der Waals surface area contributed by atoms with Gasteiger partial charge in [0.25, 0.3) is 0 Å². The molecule has 2 amide bonds. The van der Waals surface area contributed by atoms with E-state index in [1.165, 1.54) is 13.8 Å². The first-order valence-electron chi connectivity index (χ1n) is 27.0. The maximum atomic E-state index is 13.7. The number of ether oxygens (including phenoxy) is 2. The molecule has 15 nitrogen and oxygen atoms in total. The van der Waals surface area contributed by atoms with E-state index in [1.54, 1.807) is 58.3 Å². The Morgan fingerprint density at radius 1 is 0.646 bits per heavy atom. The largest absolute Gasteiger partial charge is 0.379 e. The van der Waals surface area contributed by atoms with E-state index in [4.69, 9.17) is 61.6 Å². The zero-order valence-corrected chi connectivity index (χ0v) is 48.9. The van der Waals surface area contributed by atoms with Crippen molar-refractivity contribution in [3.8, 4) is 0 Å². The van der Waals surface area contributed by atoms with E-state index in [2.05, 4.69) is 45.7 Å². The van der Waals surface area contributed by atoms with Crippen LogP contribution in [0.15, 0.2) is 95.3 Å². The molecule has 5 N–H and O–H groups in total. The molecule has 2 atom stereocenters. The van der Waals surface area contributed by atoms with Gasteiger partial charge in [0.05, 0.1) is 61.3 Å². The molecule has 4 aromatic carbocycles. The number of fused-ring (bicyclic) bond motifs is 2. The van der Waals surface area contributed by atoms with E-state index in [-0.39, 0.29) is 34.2 Å². The van der Waals surface area contributed by atoms with Gasteiger partial charge in [0, 0.05) is 134 Å². The number of rotatable bonds is 10. The number of carbonyl (C=O) groups is 5. The molecule has 2 fully saturated rings. The Morgan fingerprint density at radius 3 is 1.54 bits per heavy atom. The zero-order valence-electron chi connectivity index (χ0n) is 45.9. The smallest absolute Gasteiger partial charge is 0.224 e. The molecule has 79 heavy (non-hydrogen) atoms. The molecule has 0 radical (unpaired) electrons. The highest BCUT2D eigenvalue weighted by Crippen LogP contribution is 2.52. The Bertz CT molecular complexity index is 3020. The third-order valence-electron chi connectivity index (χ3n) is 15.0. The molecule has 0 saturated carbocycles. The Balaban J connectivity index is 0.000000183. The molecule has 6 aliphatic rings. The summed E-state index contributed by atoms with van der Waals surface area (Å²) in [5, 5.41) is 12.3. The standard InChI is InChI=1S/C30H36Cl2N4O3.C24H22Cl2N2O3.C6H14N2O/c1-19(37)36-26-7-4-20(18-33-8-9-35-10-12-39-13-11-35)14-24(26)34-25-16-30(2,3)17-27(38)28(25)29(36)22-6-5-21(31)15-23(22)32;1-13(30)28-20-7-4-14(12-29)8-18(20)27-19-10-24(2,3)11-21(31)22(19)23(28)16-6-5-15(25)9-17(16)26;7-1-2-8-3-5-9-6-4-8/h4-7,14-15,29,33-34H,8-13,16-18H2,1-3H3;4-9,12,23,27H,10-11H2,1-3H3;1-7H2. The first-order valence-corrected chi connectivity index (χ1v) is 28.5. The monoisotopic (exact) mass is 1160 g/mol. The molecular weight excluding hydrogens is 1090 g/mol. The number of hydrogen-bond acceptors (Lipinski definition) is 13. The number of anilines is 4. The molecule has 4 heterocycles. The summed E-state index contributed by atoms with van der Waals surface area (Å²) in [5.74, 6) is -0.431. The van der Waals surface area contributed by atoms with Gasteiger partial charge >= 0.3 is 0 Å². The number of hydrogen-bond donors (Lipinski definition) is 4. The van der Waals surface area contributed by atoms with Gasteiger partial charge in [0.2, 0.25) is 11.8 Å². The number of halogens is 4. The van der Waals surface area contributed by atoms with Crippen LogP contribution in [0.2, 0.25) is 20.1 Å². The van der Waals surface area contributed by atoms with Gasteiger partial charge < -0.3 is 31.2 Å². The summed E-state index contributed by atoms with van der Waals surface area (Å²) in [6.07, 6.45) is 2.81. The lowest BCUT2D eigenvalue weighted by atomic mass is 9.73. The second kappa shape index (κ2) is 26.2. The summed E-state index contributed by atoms with van der Waals surface area (Å²) in [6.45, 7) is 23.0. The first-order chi connectivity index (χ1) is 37.7. The van der Waals surface area contributed by atoms with Crippen molar-refractivity contribution in [1.29, 1.82) is 0 Å². The van der Waals surface area contributed by atoms with E-state index < -0.39 is 12.1 Å². The number of benzene rings is 4. The van der Waals surface area contributed by atoms with Crippen LogP contribution in [0.25, 0.3) is 0 Å². The Morgan fingerprint density at radius 2 is 1.10 bits per heavy atom. The van der Waals surface area contributed by atoms with Crippen molar-refractivity contribution in [3.63, 3.8) is 0 Å². The quantitative estimate of drug-likeness (QED) is 0.0872. The van der Waals surface area contributed by atoms with E-state index in [1.807, 2.05) is 32.0 Å². The molecule has 2 aliphatic carbocycles. The molecule has 19 heteroatoms. The van der Waals surface area contributed by atoms with Crippen molar-refractivity contribution in [2.24, 2.45) is 16.6 Å². The third kappa shape index (κ3) is 14.5. The van der Waals surface area contributed by atoms with Crippen LogP contribution in [0, 0.1) is 10.8 Å². The van der Waals surface area contributed by atoms with E-state index >= 15 is 0 Å². The maximum absolute atomic E-state index is 13.7. The molecule has 2 saturated heterocycles. The van der Waals surface area contributed by atoms with Gasteiger partial charge in [0.15, 0.2) is 11.6 Å².